The first-order valence-corrected chi connectivity index (χ1v) is 9.16. The van der Waals surface area contributed by atoms with Crippen molar-refractivity contribution < 1.29 is 13.2 Å². The van der Waals surface area contributed by atoms with Gasteiger partial charge in [0.25, 0.3) is 9.05 Å². The summed E-state index contributed by atoms with van der Waals surface area (Å²) in [5.74, 6) is 0.303. The van der Waals surface area contributed by atoms with Crippen LogP contribution < -0.4 is 4.74 Å². The first-order chi connectivity index (χ1) is 8.97. The molecule has 0 radical (unpaired) electrons. The van der Waals surface area contributed by atoms with E-state index in [1.54, 1.807) is 12.1 Å². The van der Waals surface area contributed by atoms with Crippen molar-refractivity contribution in [2.75, 3.05) is 26.2 Å². The van der Waals surface area contributed by atoms with Crippen molar-refractivity contribution in [1.82, 2.24) is 4.90 Å². The number of rotatable bonds is 5. The number of likely N-dealkylation sites (tertiary alicyclic amines) is 1. The minimum atomic E-state index is -3.80. The van der Waals surface area contributed by atoms with Crippen molar-refractivity contribution in [3.63, 3.8) is 0 Å². The number of halogens is 2. The van der Waals surface area contributed by atoms with Gasteiger partial charge >= 0.3 is 0 Å². The molecule has 1 fully saturated rings. The Bertz CT molecular complexity index is 544. The molecular formula is C12H15BrClNO3S. The smallest absolute Gasteiger partial charge is 0.265 e. The van der Waals surface area contributed by atoms with Crippen LogP contribution in [0.1, 0.15) is 12.8 Å². The maximum atomic E-state index is 11.5. The van der Waals surface area contributed by atoms with E-state index in [2.05, 4.69) is 20.8 Å². The molecule has 7 heteroatoms. The molecule has 1 aromatic carbocycles. The van der Waals surface area contributed by atoms with Crippen LogP contribution in [0.4, 0.5) is 0 Å². The lowest BCUT2D eigenvalue weighted by atomic mass is 10.3. The standard InChI is InChI=1S/C12H15BrClNO3S/c13-10-3-4-11(12(9-10)19(14,16)17)18-8-7-15-5-1-2-6-15/h3-4,9H,1-2,5-8H2. The summed E-state index contributed by atoms with van der Waals surface area (Å²) >= 11 is 3.22. The lowest BCUT2D eigenvalue weighted by molar-refractivity contribution is 0.234. The third-order valence-corrected chi connectivity index (χ3v) is 4.87. The van der Waals surface area contributed by atoms with Gasteiger partial charge in [-0.3, -0.25) is 4.90 Å². The molecule has 2 rings (SSSR count). The molecule has 0 aromatic heterocycles. The van der Waals surface area contributed by atoms with E-state index >= 15 is 0 Å². The number of hydrogen-bond donors (Lipinski definition) is 0. The van der Waals surface area contributed by atoms with Gasteiger partial charge in [0.1, 0.15) is 17.3 Å². The molecule has 0 unspecified atom stereocenters. The third kappa shape index (κ3) is 4.34. The van der Waals surface area contributed by atoms with Gasteiger partial charge in [-0.25, -0.2) is 8.42 Å². The van der Waals surface area contributed by atoms with E-state index in [1.165, 1.54) is 18.9 Å². The molecule has 106 valence electrons. The first kappa shape index (κ1) is 15.1. The number of nitrogens with zero attached hydrogens (tertiary/aromatic N) is 1. The molecule has 1 aromatic rings. The van der Waals surface area contributed by atoms with Crippen molar-refractivity contribution in [2.45, 2.75) is 17.7 Å². The Balaban J connectivity index is 2.03. The predicted molar refractivity (Wildman–Crippen MR) is 78.3 cm³/mol. The molecule has 0 N–H and O–H groups in total. The highest BCUT2D eigenvalue weighted by atomic mass is 79.9. The summed E-state index contributed by atoms with van der Waals surface area (Å²) in [7, 11) is 1.60. The second kappa shape index (κ2) is 6.43. The van der Waals surface area contributed by atoms with Crippen LogP contribution in [0.2, 0.25) is 0 Å². The molecule has 0 atom stereocenters. The van der Waals surface area contributed by atoms with Crippen molar-refractivity contribution in [2.24, 2.45) is 0 Å². The van der Waals surface area contributed by atoms with Gasteiger partial charge in [0, 0.05) is 21.7 Å². The molecule has 19 heavy (non-hydrogen) atoms. The van der Waals surface area contributed by atoms with Crippen LogP contribution in [0.25, 0.3) is 0 Å². The summed E-state index contributed by atoms with van der Waals surface area (Å²) in [4.78, 5) is 2.30. The van der Waals surface area contributed by atoms with Crippen LogP contribution in [-0.4, -0.2) is 39.6 Å². The second-order valence-corrected chi connectivity index (χ2v) is 7.88. The molecular weight excluding hydrogens is 354 g/mol. The molecule has 0 spiro atoms. The molecule has 1 aliphatic rings. The average molecular weight is 369 g/mol. The summed E-state index contributed by atoms with van der Waals surface area (Å²) in [6.07, 6.45) is 2.44. The van der Waals surface area contributed by atoms with Gasteiger partial charge in [0.05, 0.1) is 0 Å². The van der Waals surface area contributed by atoms with Crippen molar-refractivity contribution in [3.8, 4) is 5.75 Å². The van der Waals surface area contributed by atoms with E-state index in [0.717, 1.165) is 19.6 Å². The van der Waals surface area contributed by atoms with Gasteiger partial charge in [-0.2, -0.15) is 0 Å². The molecule has 0 saturated carbocycles. The fraction of sp³-hybridized carbons (Fsp3) is 0.500. The number of benzene rings is 1. The summed E-state index contributed by atoms with van der Waals surface area (Å²) in [6.45, 7) is 3.44. The van der Waals surface area contributed by atoms with Crippen LogP contribution >= 0.6 is 26.6 Å². The molecule has 0 bridgehead atoms. The quantitative estimate of drug-likeness (QED) is 0.750. The van der Waals surface area contributed by atoms with E-state index in [-0.39, 0.29) is 4.90 Å². The van der Waals surface area contributed by atoms with Crippen LogP contribution in [0, 0.1) is 0 Å². The minimum absolute atomic E-state index is 0.00460. The largest absolute Gasteiger partial charge is 0.491 e. The number of hydrogen-bond acceptors (Lipinski definition) is 4. The van der Waals surface area contributed by atoms with Crippen LogP contribution in [0.3, 0.4) is 0 Å². The first-order valence-electron chi connectivity index (χ1n) is 6.06. The predicted octanol–water partition coefficient (Wildman–Crippen LogP) is 2.85. The summed E-state index contributed by atoms with van der Waals surface area (Å²) in [6, 6.07) is 4.80. The van der Waals surface area contributed by atoms with Crippen molar-refractivity contribution in [1.29, 1.82) is 0 Å². The average Bonchev–Trinajstić information content (AvgIpc) is 2.83. The Morgan fingerprint density at radius 3 is 2.63 bits per heavy atom. The Morgan fingerprint density at radius 1 is 1.32 bits per heavy atom. The van der Waals surface area contributed by atoms with E-state index in [4.69, 9.17) is 15.4 Å². The van der Waals surface area contributed by atoms with Gasteiger partial charge < -0.3 is 4.74 Å². The minimum Gasteiger partial charge on any atom is -0.491 e. The van der Waals surface area contributed by atoms with E-state index in [1.807, 2.05) is 0 Å². The van der Waals surface area contributed by atoms with Gasteiger partial charge in [-0.1, -0.05) is 15.9 Å². The van der Waals surface area contributed by atoms with E-state index in [9.17, 15) is 8.42 Å². The van der Waals surface area contributed by atoms with E-state index < -0.39 is 9.05 Å². The van der Waals surface area contributed by atoms with Crippen LogP contribution in [-0.2, 0) is 9.05 Å². The van der Waals surface area contributed by atoms with E-state index in [0.29, 0.717) is 16.8 Å². The third-order valence-electron chi connectivity index (χ3n) is 3.03. The molecule has 1 aliphatic heterocycles. The second-order valence-electron chi connectivity index (χ2n) is 4.43. The highest BCUT2D eigenvalue weighted by Gasteiger charge is 2.18. The summed E-state index contributed by atoms with van der Waals surface area (Å²) in [5.41, 5.74) is 0. The van der Waals surface area contributed by atoms with Crippen molar-refractivity contribution >= 4 is 35.7 Å². The van der Waals surface area contributed by atoms with Gasteiger partial charge in [-0.15, -0.1) is 0 Å². The molecule has 1 saturated heterocycles. The van der Waals surface area contributed by atoms with Gasteiger partial charge in [0.15, 0.2) is 0 Å². The maximum Gasteiger partial charge on any atom is 0.265 e. The monoisotopic (exact) mass is 367 g/mol. The Kier molecular flexibility index (Phi) is 5.11. The Hall–Kier alpha value is -0.300. The van der Waals surface area contributed by atoms with Gasteiger partial charge in [0.2, 0.25) is 0 Å². The fourth-order valence-corrected chi connectivity index (χ4v) is 3.59. The lowest BCUT2D eigenvalue weighted by Gasteiger charge is -2.16. The zero-order valence-corrected chi connectivity index (χ0v) is 13.5. The van der Waals surface area contributed by atoms with Crippen LogP contribution in [0.5, 0.6) is 5.75 Å². The lowest BCUT2D eigenvalue weighted by Crippen LogP contribution is -2.25. The SMILES string of the molecule is O=S(=O)(Cl)c1cc(Br)ccc1OCCN1CCCC1. The zero-order valence-electron chi connectivity index (χ0n) is 10.3. The van der Waals surface area contributed by atoms with Gasteiger partial charge in [-0.05, 0) is 44.1 Å². The Labute approximate surface area is 126 Å². The maximum absolute atomic E-state index is 11.5. The molecule has 4 nitrogen and oxygen atoms in total. The summed E-state index contributed by atoms with van der Waals surface area (Å²) < 4.78 is 29.2. The highest BCUT2D eigenvalue weighted by Crippen LogP contribution is 2.30. The van der Waals surface area contributed by atoms with Crippen molar-refractivity contribution in [3.05, 3.63) is 22.7 Å². The zero-order chi connectivity index (χ0) is 13.9. The normalized spacial score (nSPS) is 16.7. The molecule has 0 aliphatic carbocycles. The number of ether oxygens (including phenoxy) is 1. The Morgan fingerprint density at radius 2 is 2.00 bits per heavy atom. The molecule has 0 amide bonds. The molecule has 1 heterocycles. The summed E-state index contributed by atoms with van der Waals surface area (Å²) in [5, 5.41) is 0. The topological polar surface area (TPSA) is 46.6 Å². The highest BCUT2D eigenvalue weighted by molar-refractivity contribution is 9.10. The fourth-order valence-electron chi connectivity index (χ4n) is 2.08. The van der Waals surface area contributed by atoms with Crippen LogP contribution in [0.15, 0.2) is 27.6 Å².